The van der Waals surface area contributed by atoms with Gasteiger partial charge in [0.1, 0.15) is 0 Å². The van der Waals surface area contributed by atoms with Crippen molar-refractivity contribution in [1.29, 1.82) is 0 Å². The second-order valence-electron chi connectivity index (χ2n) is 5.52. The maximum absolute atomic E-state index is 12.4. The summed E-state index contributed by atoms with van der Waals surface area (Å²) in [4.78, 5) is 14.4. The Morgan fingerprint density at radius 3 is 2.33 bits per heavy atom. The van der Waals surface area contributed by atoms with Crippen LogP contribution < -0.4 is 0 Å². The standard InChI is InChI=1S/C13H23NO3S/c1-2-14(12-6-4-3-5-7-12)13(15)11-8-9-18(16,17)10-11/h11-12H,2-10H2,1H3. The largest absolute Gasteiger partial charge is 0.340 e. The maximum atomic E-state index is 12.4. The van der Waals surface area contributed by atoms with Gasteiger partial charge in [0.15, 0.2) is 9.84 Å². The van der Waals surface area contributed by atoms with Crippen molar-refractivity contribution in [3.8, 4) is 0 Å². The van der Waals surface area contributed by atoms with Crippen molar-refractivity contribution in [2.75, 3.05) is 18.1 Å². The molecular formula is C13H23NO3S. The van der Waals surface area contributed by atoms with Gasteiger partial charge in [-0.05, 0) is 26.2 Å². The van der Waals surface area contributed by atoms with Gasteiger partial charge in [-0.2, -0.15) is 0 Å². The number of hydrogen-bond donors (Lipinski definition) is 0. The molecule has 1 saturated heterocycles. The number of sulfone groups is 1. The highest BCUT2D eigenvalue weighted by atomic mass is 32.2. The van der Waals surface area contributed by atoms with Crippen LogP contribution in [0.1, 0.15) is 45.4 Å². The molecule has 0 aromatic heterocycles. The van der Waals surface area contributed by atoms with Crippen LogP contribution >= 0.6 is 0 Å². The zero-order valence-corrected chi connectivity index (χ0v) is 11.9. The molecule has 5 heteroatoms. The van der Waals surface area contributed by atoms with Crippen molar-refractivity contribution in [2.24, 2.45) is 5.92 Å². The lowest BCUT2D eigenvalue weighted by Gasteiger charge is -2.35. The molecule has 1 amide bonds. The maximum Gasteiger partial charge on any atom is 0.226 e. The Hall–Kier alpha value is -0.580. The van der Waals surface area contributed by atoms with Gasteiger partial charge in [0.2, 0.25) is 5.91 Å². The number of carbonyl (C=O) groups is 1. The molecule has 1 unspecified atom stereocenters. The lowest BCUT2D eigenvalue weighted by Crippen LogP contribution is -2.44. The van der Waals surface area contributed by atoms with Crippen LogP contribution in [0.15, 0.2) is 0 Å². The smallest absolute Gasteiger partial charge is 0.226 e. The summed E-state index contributed by atoms with van der Waals surface area (Å²) < 4.78 is 22.9. The zero-order chi connectivity index (χ0) is 13.2. The molecule has 0 bridgehead atoms. The molecule has 2 rings (SSSR count). The van der Waals surface area contributed by atoms with Crippen molar-refractivity contribution in [3.63, 3.8) is 0 Å². The summed E-state index contributed by atoms with van der Waals surface area (Å²) in [5, 5.41) is 0. The average Bonchev–Trinajstić information content (AvgIpc) is 2.72. The van der Waals surface area contributed by atoms with Crippen LogP contribution in [0.5, 0.6) is 0 Å². The third-order valence-corrected chi connectivity index (χ3v) is 5.99. The zero-order valence-electron chi connectivity index (χ0n) is 11.1. The van der Waals surface area contributed by atoms with E-state index < -0.39 is 9.84 Å². The van der Waals surface area contributed by atoms with Gasteiger partial charge in [-0.15, -0.1) is 0 Å². The number of amides is 1. The fourth-order valence-electron chi connectivity index (χ4n) is 3.21. The van der Waals surface area contributed by atoms with Gasteiger partial charge in [-0.1, -0.05) is 19.3 Å². The van der Waals surface area contributed by atoms with E-state index in [1.165, 1.54) is 19.3 Å². The molecule has 0 spiro atoms. The molecule has 0 aromatic rings. The van der Waals surface area contributed by atoms with Crippen LogP contribution in [-0.2, 0) is 14.6 Å². The van der Waals surface area contributed by atoms with Crippen molar-refractivity contribution >= 4 is 15.7 Å². The summed E-state index contributed by atoms with van der Waals surface area (Å²) in [6.45, 7) is 2.70. The Labute approximate surface area is 110 Å². The van der Waals surface area contributed by atoms with Crippen LogP contribution in [-0.4, -0.2) is 43.3 Å². The molecule has 4 nitrogen and oxygen atoms in total. The van der Waals surface area contributed by atoms with Crippen LogP contribution in [0.3, 0.4) is 0 Å². The molecule has 104 valence electrons. The summed E-state index contributed by atoms with van der Waals surface area (Å²) in [5.74, 6) is 0.0445. The third kappa shape index (κ3) is 3.05. The third-order valence-electron chi connectivity index (χ3n) is 4.22. The molecule has 0 N–H and O–H groups in total. The van der Waals surface area contributed by atoms with E-state index in [2.05, 4.69) is 0 Å². The molecule has 1 heterocycles. The van der Waals surface area contributed by atoms with Gasteiger partial charge in [0.05, 0.1) is 17.4 Å². The Bertz CT molecular complexity index is 398. The fourth-order valence-corrected chi connectivity index (χ4v) is 4.94. The van der Waals surface area contributed by atoms with Crippen LogP contribution in [0.4, 0.5) is 0 Å². The van der Waals surface area contributed by atoms with E-state index in [0.29, 0.717) is 19.0 Å². The Morgan fingerprint density at radius 2 is 1.83 bits per heavy atom. The first kappa shape index (κ1) is 13.8. The SMILES string of the molecule is CCN(C(=O)C1CCS(=O)(=O)C1)C1CCCCC1. The van der Waals surface area contributed by atoms with Gasteiger partial charge in [0.25, 0.3) is 0 Å². The molecule has 0 radical (unpaired) electrons. The minimum absolute atomic E-state index is 0.0645. The first-order valence-corrected chi connectivity index (χ1v) is 8.86. The highest BCUT2D eigenvalue weighted by molar-refractivity contribution is 7.91. The molecule has 1 saturated carbocycles. The Balaban J connectivity index is 2.01. The van der Waals surface area contributed by atoms with Crippen LogP contribution in [0.2, 0.25) is 0 Å². The molecule has 2 aliphatic rings. The Kier molecular flexibility index (Phi) is 4.30. The summed E-state index contributed by atoms with van der Waals surface area (Å²) in [6, 6.07) is 0.347. The summed E-state index contributed by atoms with van der Waals surface area (Å²) in [6.07, 6.45) is 6.33. The van der Waals surface area contributed by atoms with E-state index in [0.717, 1.165) is 12.8 Å². The Morgan fingerprint density at radius 1 is 1.17 bits per heavy atom. The summed E-state index contributed by atoms with van der Waals surface area (Å²) >= 11 is 0. The quantitative estimate of drug-likeness (QED) is 0.785. The van der Waals surface area contributed by atoms with Crippen molar-refractivity contribution in [3.05, 3.63) is 0 Å². The minimum atomic E-state index is -2.96. The molecule has 18 heavy (non-hydrogen) atoms. The summed E-state index contributed by atoms with van der Waals surface area (Å²) in [5.41, 5.74) is 0. The van der Waals surface area contributed by atoms with E-state index in [1.54, 1.807) is 0 Å². The first-order chi connectivity index (χ1) is 8.53. The number of hydrogen-bond acceptors (Lipinski definition) is 3. The monoisotopic (exact) mass is 273 g/mol. The van der Waals surface area contributed by atoms with E-state index in [9.17, 15) is 13.2 Å². The highest BCUT2D eigenvalue weighted by Crippen LogP contribution is 2.27. The number of nitrogens with zero attached hydrogens (tertiary/aromatic N) is 1. The average molecular weight is 273 g/mol. The normalized spacial score (nSPS) is 28.2. The highest BCUT2D eigenvalue weighted by Gasteiger charge is 2.37. The summed E-state index contributed by atoms with van der Waals surface area (Å²) in [7, 11) is -2.96. The van der Waals surface area contributed by atoms with E-state index in [1.807, 2.05) is 11.8 Å². The lowest BCUT2D eigenvalue weighted by atomic mass is 9.93. The van der Waals surface area contributed by atoms with Crippen molar-refractivity contribution in [2.45, 2.75) is 51.5 Å². The predicted octanol–water partition coefficient (Wildman–Crippen LogP) is 1.60. The van der Waals surface area contributed by atoms with Crippen molar-refractivity contribution < 1.29 is 13.2 Å². The second kappa shape index (κ2) is 5.59. The fraction of sp³-hybridized carbons (Fsp3) is 0.923. The second-order valence-corrected chi connectivity index (χ2v) is 7.74. The van der Waals surface area contributed by atoms with Gasteiger partial charge in [-0.25, -0.2) is 8.42 Å². The van der Waals surface area contributed by atoms with Gasteiger partial charge in [0, 0.05) is 12.6 Å². The van der Waals surface area contributed by atoms with E-state index in [-0.39, 0.29) is 23.3 Å². The van der Waals surface area contributed by atoms with Gasteiger partial charge < -0.3 is 4.90 Å². The van der Waals surface area contributed by atoms with Gasteiger partial charge in [-0.3, -0.25) is 4.79 Å². The number of rotatable bonds is 3. The van der Waals surface area contributed by atoms with E-state index >= 15 is 0 Å². The number of carbonyl (C=O) groups excluding carboxylic acids is 1. The molecule has 1 atom stereocenters. The molecule has 1 aliphatic heterocycles. The van der Waals surface area contributed by atoms with Crippen LogP contribution in [0.25, 0.3) is 0 Å². The molecule has 1 aliphatic carbocycles. The predicted molar refractivity (Wildman–Crippen MR) is 71.0 cm³/mol. The topological polar surface area (TPSA) is 54.5 Å². The first-order valence-electron chi connectivity index (χ1n) is 7.04. The van der Waals surface area contributed by atoms with Crippen LogP contribution in [0, 0.1) is 5.92 Å². The van der Waals surface area contributed by atoms with Crippen molar-refractivity contribution in [1.82, 2.24) is 4.90 Å². The molecule has 2 fully saturated rings. The molecular weight excluding hydrogens is 250 g/mol. The lowest BCUT2D eigenvalue weighted by molar-refractivity contribution is -0.137. The van der Waals surface area contributed by atoms with Gasteiger partial charge >= 0.3 is 0 Å². The minimum Gasteiger partial charge on any atom is -0.340 e. The van der Waals surface area contributed by atoms with E-state index in [4.69, 9.17) is 0 Å². The molecule has 0 aromatic carbocycles.